The van der Waals surface area contributed by atoms with Gasteiger partial charge < -0.3 is 10.1 Å². The van der Waals surface area contributed by atoms with Gasteiger partial charge in [-0.05, 0) is 44.5 Å². The fourth-order valence-electron chi connectivity index (χ4n) is 2.66. The van der Waals surface area contributed by atoms with Crippen LogP contribution >= 0.6 is 0 Å². The largest absolute Gasteiger partial charge is 0.492 e. The highest BCUT2D eigenvalue weighted by Crippen LogP contribution is 2.15. The van der Waals surface area contributed by atoms with Crippen molar-refractivity contribution in [1.82, 2.24) is 20.3 Å². The van der Waals surface area contributed by atoms with E-state index in [0.29, 0.717) is 24.5 Å². The monoisotopic (exact) mass is 350 g/mol. The first kappa shape index (κ1) is 17.7. The number of benzene rings is 2. The molecule has 26 heavy (non-hydrogen) atoms. The van der Waals surface area contributed by atoms with Crippen molar-refractivity contribution < 1.29 is 9.53 Å². The molecule has 0 fully saturated rings. The Bertz CT molecular complexity index is 903. The Morgan fingerprint density at radius 2 is 1.85 bits per heavy atom. The second-order valence-electron chi connectivity index (χ2n) is 6.13. The zero-order valence-electron chi connectivity index (χ0n) is 15.2. The smallest absolute Gasteiger partial charge is 0.273 e. The number of aromatic nitrogens is 3. The molecule has 3 aromatic rings. The van der Waals surface area contributed by atoms with Gasteiger partial charge in [0, 0.05) is 0 Å². The van der Waals surface area contributed by atoms with Crippen LogP contribution in [-0.2, 0) is 0 Å². The number of amides is 1. The van der Waals surface area contributed by atoms with E-state index in [-0.39, 0.29) is 5.91 Å². The van der Waals surface area contributed by atoms with Crippen molar-refractivity contribution >= 4 is 5.91 Å². The molecule has 134 valence electrons. The molecule has 0 aliphatic rings. The molecule has 1 amide bonds. The summed E-state index contributed by atoms with van der Waals surface area (Å²) in [6.45, 7) is 6.60. The highest BCUT2D eigenvalue weighted by atomic mass is 16.5. The Labute approximate surface area is 152 Å². The Morgan fingerprint density at radius 3 is 2.58 bits per heavy atom. The molecule has 1 heterocycles. The molecule has 0 saturated heterocycles. The number of aryl methyl sites for hydroxylation is 3. The summed E-state index contributed by atoms with van der Waals surface area (Å²) in [5.41, 5.74) is 4.01. The topological polar surface area (TPSA) is 69.0 Å². The molecule has 0 atom stereocenters. The van der Waals surface area contributed by atoms with Crippen molar-refractivity contribution in [1.29, 1.82) is 0 Å². The summed E-state index contributed by atoms with van der Waals surface area (Å²) in [4.78, 5) is 13.9. The summed E-state index contributed by atoms with van der Waals surface area (Å²) in [6.07, 6.45) is 0. The molecule has 6 heteroatoms. The van der Waals surface area contributed by atoms with E-state index < -0.39 is 0 Å². The van der Waals surface area contributed by atoms with E-state index in [4.69, 9.17) is 4.74 Å². The van der Waals surface area contributed by atoms with E-state index in [9.17, 15) is 4.79 Å². The van der Waals surface area contributed by atoms with Crippen LogP contribution in [0.15, 0.2) is 48.5 Å². The van der Waals surface area contributed by atoms with Gasteiger partial charge >= 0.3 is 0 Å². The van der Waals surface area contributed by atoms with Crippen LogP contribution in [0.1, 0.15) is 27.3 Å². The van der Waals surface area contributed by atoms with Crippen molar-refractivity contribution in [2.24, 2.45) is 0 Å². The maximum absolute atomic E-state index is 12.4. The molecule has 0 bridgehead atoms. The molecule has 0 spiro atoms. The third-order valence-electron chi connectivity index (χ3n) is 3.96. The average Bonchev–Trinajstić information content (AvgIpc) is 3.01. The highest BCUT2D eigenvalue weighted by Gasteiger charge is 2.16. The lowest BCUT2D eigenvalue weighted by Crippen LogP contribution is -2.29. The molecule has 0 unspecified atom stereocenters. The van der Waals surface area contributed by atoms with E-state index >= 15 is 0 Å². The predicted molar refractivity (Wildman–Crippen MR) is 99.8 cm³/mol. The molecule has 0 aliphatic carbocycles. The predicted octanol–water partition coefficient (Wildman–Crippen LogP) is 3.00. The van der Waals surface area contributed by atoms with Gasteiger partial charge in [-0.3, -0.25) is 4.79 Å². The van der Waals surface area contributed by atoms with Crippen molar-refractivity contribution in [3.05, 3.63) is 71.0 Å². The molecule has 0 radical (unpaired) electrons. The van der Waals surface area contributed by atoms with E-state index in [2.05, 4.69) is 21.6 Å². The van der Waals surface area contributed by atoms with Gasteiger partial charge in [-0.15, -0.1) is 5.10 Å². The van der Waals surface area contributed by atoms with Gasteiger partial charge in [0.05, 0.1) is 17.9 Å². The normalized spacial score (nSPS) is 10.6. The van der Waals surface area contributed by atoms with Crippen LogP contribution < -0.4 is 10.1 Å². The zero-order chi connectivity index (χ0) is 18.5. The molecule has 3 rings (SSSR count). The quantitative estimate of drug-likeness (QED) is 0.694. The standard InChI is InChI=1S/C20H22N4O2/c1-14-9-10-18(15(2)13-14)24-22-16(3)19(23-24)20(25)21-11-12-26-17-7-5-4-6-8-17/h4-10,13H,11-12H2,1-3H3,(H,21,25). The number of para-hydroxylation sites is 1. The minimum absolute atomic E-state index is 0.254. The number of ether oxygens (including phenoxy) is 1. The van der Waals surface area contributed by atoms with Gasteiger partial charge in [0.1, 0.15) is 12.4 Å². The summed E-state index contributed by atoms with van der Waals surface area (Å²) < 4.78 is 5.57. The number of nitrogens with one attached hydrogen (secondary N) is 1. The lowest BCUT2D eigenvalue weighted by atomic mass is 10.1. The van der Waals surface area contributed by atoms with Crippen LogP contribution in [0, 0.1) is 20.8 Å². The fourth-order valence-corrected chi connectivity index (χ4v) is 2.66. The molecule has 6 nitrogen and oxygen atoms in total. The van der Waals surface area contributed by atoms with Crippen molar-refractivity contribution in [3.8, 4) is 11.4 Å². The number of carbonyl (C=O) groups is 1. The average molecular weight is 350 g/mol. The molecule has 1 aromatic heterocycles. The maximum atomic E-state index is 12.4. The Morgan fingerprint density at radius 1 is 1.08 bits per heavy atom. The molecule has 0 saturated carbocycles. The fraction of sp³-hybridized carbons (Fsp3) is 0.250. The summed E-state index contributed by atoms with van der Waals surface area (Å²) >= 11 is 0. The Balaban J connectivity index is 1.62. The number of hydrogen-bond donors (Lipinski definition) is 1. The second kappa shape index (κ2) is 7.82. The summed E-state index contributed by atoms with van der Waals surface area (Å²) in [5, 5.41) is 11.6. The minimum atomic E-state index is -0.254. The summed E-state index contributed by atoms with van der Waals surface area (Å²) in [6, 6.07) is 15.5. The summed E-state index contributed by atoms with van der Waals surface area (Å²) in [7, 11) is 0. The number of hydrogen-bond acceptors (Lipinski definition) is 4. The van der Waals surface area contributed by atoms with Crippen molar-refractivity contribution in [2.45, 2.75) is 20.8 Å². The molecule has 2 aromatic carbocycles. The Hall–Kier alpha value is -3.15. The molecule has 0 aliphatic heterocycles. The van der Waals surface area contributed by atoms with Gasteiger partial charge in [0.25, 0.3) is 5.91 Å². The number of rotatable bonds is 6. The third kappa shape index (κ3) is 4.08. The van der Waals surface area contributed by atoms with Crippen LogP contribution in [0.3, 0.4) is 0 Å². The van der Waals surface area contributed by atoms with Crippen LogP contribution in [0.4, 0.5) is 0 Å². The molecular weight excluding hydrogens is 328 g/mol. The van der Waals surface area contributed by atoms with Gasteiger partial charge in [-0.2, -0.15) is 9.90 Å². The van der Waals surface area contributed by atoms with Crippen LogP contribution in [0.5, 0.6) is 5.75 Å². The zero-order valence-corrected chi connectivity index (χ0v) is 15.2. The lowest BCUT2D eigenvalue weighted by molar-refractivity contribution is 0.0941. The first-order valence-corrected chi connectivity index (χ1v) is 8.52. The van der Waals surface area contributed by atoms with Crippen molar-refractivity contribution in [2.75, 3.05) is 13.2 Å². The van der Waals surface area contributed by atoms with Gasteiger partial charge in [-0.1, -0.05) is 35.9 Å². The SMILES string of the molecule is Cc1ccc(-n2nc(C)c(C(=O)NCCOc3ccccc3)n2)c(C)c1. The number of nitrogens with zero attached hydrogens (tertiary/aromatic N) is 3. The first-order valence-electron chi connectivity index (χ1n) is 8.52. The van der Waals surface area contributed by atoms with Crippen LogP contribution in [-0.4, -0.2) is 34.1 Å². The molecular formula is C20H22N4O2. The van der Waals surface area contributed by atoms with E-state index in [1.807, 2.05) is 56.3 Å². The first-order chi connectivity index (χ1) is 12.5. The van der Waals surface area contributed by atoms with Gasteiger partial charge in [-0.25, -0.2) is 0 Å². The van der Waals surface area contributed by atoms with Crippen LogP contribution in [0.25, 0.3) is 5.69 Å². The van der Waals surface area contributed by atoms with Crippen LogP contribution in [0.2, 0.25) is 0 Å². The highest BCUT2D eigenvalue weighted by molar-refractivity contribution is 5.93. The van der Waals surface area contributed by atoms with Gasteiger partial charge in [0.2, 0.25) is 0 Å². The maximum Gasteiger partial charge on any atom is 0.273 e. The van der Waals surface area contributed by atoms with Crippen molar-refractivity contribution in [3.63, 3.8) is 0 Å². The van der Waals surface area contributed by atoms with E-state index in [0.717, 1.165) is 17.0 Å². The minimum Gasteiger partial charge on any atom is -0.492 e. The van der Waals surface area contributed by atoms with Gasteiger partial charge in [0.15, 0.2) is 5.69 Å². The van der Waals surface area contributed by atoms with E-state index in [1.165, 1.54) is 10.4 Å². The second-order valence-corrected chi connectivity index (χ2v) is 6.13. The van der Waals surface area contributed by atoms with E-state index in [1.54, 1.807) is 6.92 Å². The lowest BCUT2D eigenvalue weighted by Gasteiger charge is -2.07. The number of carbonyl (C=O) groups excluding carboxylic acids is 1. The third-order valence-corrected chi connectivity index (χ3v) is 3.96. The Kier molecular flexibility index (Phi) is 5.31. The summed E-state index contributed by atoms with van der Waals surface area (Å²) in [5.74, 6) is 0.522. The molecule has 1 N–H and O–H groups in total.